The Morgan fingerprint density at radius 2 is 1.69 bits per heavy atom. The number of benzene rings is 3. The van der Waals surface area contributed by atoms with Crippen LogP contribution < -0.4 is 5.32 Å². The predicted octanol–water partition coefficient (Wildman–Crippen LogP) is 6.80. The minimum atomic E-state index is -0.128. The maximum absolute atomic E-state index is 15.7. The number of rotatable bonds is 7. The third kappa shape index (κ3) is 4.10. The van der Waals surface area contributed by atoms with E-state index in [1.807, 2.05) is 31.2 Å². The summed E-state index contributed by atoms with van der Waals surface area (Å²) in [6.45, 7) is 5.75. The van der Waals surface area contributed by atoms with Crippen LogP contribution in [0.25, 0.3) is 22.2 Å². The molecule has 0 radical (unpaired) electrons. The van der Waals surface area contributed by atoms with Crippen LogP contribution >= 0.6 is 0 Å². The first-order valence-corrected chi connectivity index (χ1v) is 11.8. The molecule has 3 aromatic carbocycles. The van der Waals surface area contributed by atoms with E-state index < -0.39 is 0 Å². The van der Waals surface area contributed by atoms with Crippen molar-refractivity contribution in [3.63, 3.8) is 0 Å². The molecule has 1 saturated carbocycles. The molecule has 1 aliphatic rings. The lowest BCUT2D eigenvalue weighted by Gasteiger charge is -2.26. The van der Waals surface area contributed by atoms with Crippen molar-refractivity contribution in [1.29, 1.82) is 0 Å². The fraction of sp³-hybridized carbons (Fsp3) is 0.310. The van der Waals surface area contributed by atoms with E-state index in [1.54, 1.807) is 0 Å². The molecule has 1 fully saturated rings. The fourth-order valence-electron chi connectivity index (χ4n) is 4.72. The van der Waals surface area contributed by atoms with Gasteiger partial charge in [0.15, 0.2) is 5.82 Å². The molecule has 32 heavy (non-hydrogen) atoms. The van der Waals surface area contributed by atoms with Crippen LogP contribution in [0.1, 0.15) is 41.5 Å². The van der Waals surface area contributed by atoms with E-state index in [-0.39, 0.29) is 5.82 Å². The van der Waals surface area contributed by atoms with Crippen LogP contribution in [-0.4, -0.2) is 17.2 Å². The summed E-state index contributed by atoms with van der Waals surface area (Å²) in [6.07, 6.45) is 5.06. The van der Waals surface area contributed by atoms with E-state index in [9.17, 15) is 0 Å². The molecule has 1 aromatic heterocycles. The summed E-state index contributed by atoms with van der Waals surface area (Å²) in [4.78, 5) is 0. The molecule has 2 nitrogen and oxygen atoms in total. The van der Waals surface area contributed by atoms with Gasteiger partial charge in [0.05, 0.1) is 11.2 Å². The van der Waals surface area contributed by atoms with E-state index in [0.29, 0.717) is 17.6 Å². The average Bonchev–Trinajstić information content (AvgIpc) is 3.02. The highest BCUT2D eigenvalue weighted by atomic mass is 19.1. The molecule has 1 N–H and O–H groups in total. The molecule has 1 heterocycles. The standard InChI is InChI=1S/C29H31FN2/c1-20-10-15-27-26(18-20)28(30)29(25-9-4-3-6-21(25)2)32(27)19-23-13-11-22(12-14-23)16-17-31-24-7-5-8-24/h3-4,6,9-15,18,24,31H,5,7-8,16-17,19H2,1-2H3. The lowest BCUT2D eigenvalue weighted by atomic mass is 9.93. The van der Waals surface area contributed by atoms with Crippen LogP contribution in [0.2, 0.25) is 0 Å². The minimum Gasteiger partial charge on any atom is -0.334 e. The van der Waals surface area contributed by atoms with Crippen LogP contribution in [-0.2, 0) is 13.0 Å². The van der Waals surface area contributed by atoms with E-state index >= 15 is 4.39 Å². The van der Waals surface area contributed by atoms with Crippen LogP contribution in [0.15, 0.2) is 66.7 Å². The van der Waals surface area contributed by atoms with Gasteiger partial charge in [-0.1, -0.05) is 66.6 Å². The highest BCUT2D eigenvalue weighted by Gasteiger charge is 2.20. The summed E-state index contributed by atoms with van der Waals surface area (Å²) in [7, 11) is 0. The Balaban J connectivity index is 1.45. The molecule has 5 rings (SSSR count). The Bertz CT molecular complexity index is 1230. The first-order chi connectivity index (χ1) is 15.6. The summed E-state index contributed by atoms with van der Waals surface area (Å²) in [5.41, 5.74) is 7.27. The molecule has 0 bridgehead atoms. The Morgan fingerprint density at radius 3 is 2.41 bits per heavy atom. The molecule has 4 aromatic rings. The van der Waals surface area contributed by atoms with E-state index in [2.05, 4.69) is 59.3 Å². The molecular formula is C29H31FN2. The predicted molar refractivity (Wildman–Crippen MR) is 132 cm³/mol. The number of aromatic nitrogens is 1. The van der Waals surface area contributed by atoms with Crippen LogP contribution in [0.5, 0.6) is 0 Å². The second-order valence-electron chi connectivity index (χ2n) is 9.23. The SMILES string of the molecule is Cc1ccc2c(c1)c(F)c(-c1ccccc1C)n2Cc1ccc(CCNC2CCC2)cc1. The molecule has 0 atom stereocenters. The Labute approximate surface area is 190 Å². The normalized spacial score (nSPS) is 14.1. The van der Waals surface area contributed by atoms with Crippen molar-refractivity contribution in [2.45, 2.75) is 52.1 Å². The van der Waals surface area contributed by atoms with Crippen molar-refractivity contribution in [1.82, 2.24) is 9.88 Å². The van der Waals surface area contributed by atoms with Crippen molar-refractivity contribution >= 4 is 10.9 Å². The summed E-state index contributed by atoms with van der Waals surface area (Å²) in [5, 5.41) is 4.33. The highest BCUT2D eigenvalue weighted by Crippen LogP contribution is 2.35. The van der Waals surface area contributed by atoms with Crippen LogP contribution in [0.4, 0.5) is 4.39 Å². The van der Waals surface area contributed by atoms with Gasteiger partial charge in [-0.15, -0.1) is 0 Å². The topological polar surface area (TPSA) is 17.0 Å². The van der Waals surface area contributed by atoms with Gasteiger partial charge < -0.3 is 9.88 Å². The van der Waals surface area contributed by atoms with Gasteiger partial charge in [-0.25, -0.2) is 4.39 Å². The Kier molecular flexibility index (Phi) is 5.84. The quantitative estimate of drug-likeness (QED) is 0.344. The van der Waals surface area contributed by atoms with Crippen molar-refractivity contribution in [3.05, 3.63) is 94.8 Å². The van der Waals surface area contributed by atoms with E-state index in [0.717, 1.165) is 41.2 Å². The molecule has 0 spiro atoms. The Morgan fingerprint density at radius 1 is 0.938 bits per heavy atom. The van der Waals surface area contributed by atoms with Gasteiger partial charge in [0.2, 0.25) is 0 Å². The fourth-order valence-corrected chi connectivity index (χ4v) is 4.72. The largest absolute Gasteiger partial charge is 0.334 e. The minimum absolute atomic E-state index is 0.128. The molecule has 0 unspecified atom stereocenters. The third-order valence-corrected chi connectivity index (χ3v) is 6.87. The zero-order valence-corrected chi connectivity index (χ0v) is 19.0. The zero-order valence-electron chi connectivity index (χ0n) is 19.0. The van der Waals surface area contributed by atoms with Gasteiger partial charge >= 0.3 is 0 Å². The summed E-state index contributed by atoms with van der Waals surface area (Å²) in [6, 6.07) is 23.7. The average molecular weight is 427 g/mol. The number of nitrogens with zero attached hydrogens (tertiary/aromatic N) is 1. The van der Waals surface area contributed by atoms with Crippen molar-refractivity contribution in [3.8, 4) is 11.3 Å². The number of hydrogen-bond donors (Lipinski definition) is 1. The molecular weight excluding hydrogens is 395 g/mol. The van der Waals surface area contributed by atoms with Gasteiger partial charge in [0.1, 0.15) is 0 Å². The summed E-state index contributed by atoms with van der Waals surface area (Å²) in [5.74, 6) is -0.128. The number of halogens is 1. The van der Waals surface area contributed by atoms with E-state index in [4.69, 9.17) is 0 Å². The van der Waals surface area contributed by atoms with E-state index in [1.165, 1.54) is 30.4 Å². The molecule has 0 aliphatic heterocycles. The Hall–Kier alpha value is -2.91. The molecule has 1 aliphatic carbocycles. The number of fused-ring (bicyclic) bond motifs is 1. The smallest absolute Gasteiger partial charge is 0.156 e. The number of nitrogens with one attached hydrogen (secondary N) is 1. The molecule has 0 amide bonds. The van der Waals surface area contributed by atoms with Crippen molar-refractivity contribution < 1.29 is 4.39 Å². The number of aryl methyl sites for hydroxylation is 2. The lowest BCUT2D eigenvalue weighted by Crippen LogP contribution is -2.36. The van der Waals surface area contributed by atoms with Gasteiger partial charge in [-0.2, -0.15) is 0 Å². The lowest BCUT2D eigenvalue weighted by molar-refractivity contribution is 0.342. The third-order valence-electron chi connectivity index (χ3n) is 6.87. The molecule has 164 valence electrons. The van der Waals surface area contributed by atoms with Gasteiger partial charge in [-0.3, -0.25) is 0 Å². The second kappa shape index (κ2) is 8.91. The summed E-state index contributed by atoms with van der Waals surface area (Å²) >= 11 is 0. The maximum atomic E-state index is 15.7. The van der Waals surface area contributed by atoms with Gasteiger partial charge in [-0.05, 0) is 68.5 Å². The van der Waals surface area contributed by atoms with Crippen molar-refractivity contribution in [2.75, 3.05) is 6.54 Å². The monoisotopic (exact) mass is 426 g/mol. The van der Waals surface area contributed by atoms with Gasteiger partial charge in [0.25, 0.3) is 0 Å². The number of hydrogen-bond acceptors (Lipinski definition) is 1. The second-order valence-corrected chi connectivity index (χ2v) is 9.23. The first kappa shape index (κ1) is 21.0. The van der Waals surface area contributed by atoms with Crippen LogP contribution in [0, 0.1) is 19.7 Å². The van der Waals surface area contributed by atoms with Gasteiger partial charge in [0, 0.05) is 23.5 Å². The molecule has 0 saturated heterocycles. The maximum Gasteiger partial charge on any atom is 0.156 e. The first-order valence-electron chi connectivity index (χ1n) is 11.8. The van der Waals surface area contributed by atoms with Crippen molar-refractivity contribution in [2.24, 2.45) is 0 Å². The summed E-state index contributed by atoms with van der Waals surface area (Å²) < 4.78 is 17.9. The molecule has 3 heteroatoms. The zero-order chi connectivity index (χ0) is 22.1. The van der Waals surface area contributed by atoms with Crippen LogP contribution in [0.3, 0.4) is 0 Å². The highest BCUT2D eigenvalue weighted by molar-refractivity contribution is 5.89.